The van der Waals surface area contributed by atoms with E-state index in [0.717, 1.165) is 6.26 Å². The van der Waals surface area contributed by atoms with E-state index in [4.69, 9.17) is 21.2 Å². The fourth-order valence-corrected chi connectivity index (χ4v) is 3.01. The number of esters is 1. The predicted molar refractivity (Wildman–Crippen MR) is 80.7 cm³/mol. The van der Waals surface area contributed by atoms with Gasteiger partial charge in [0.25, 0.3) is 0 Å². The number of sulfone groups is 1. The molecule has 1 rings (SSSR count). The largest absolute Gasteiger partial charge is 0.462 e. The first kappa shape index (κ1) is 18.4. The normalized spacial score (nSPS) is 11.1. The Bertz CT molecular complexity index is 701. The first-order valence-electron chi connectivity index (χ1n) is 6.19. The van der Waals surface area contributed by atoms with Gasteiger partial charge < -0.3 is 4.74 Å². The van der Waals surface area contributed by atoms with Crippen LogP contribution in [0, 0.1) is 0 Å². The summed E-state index contributed by atoms with van der Waals surface area (Å²) < 4.78 is 28.6. The molecule has 0 aliphatic heterocycles. The fraction of sp³-hybridized carbons (Fsp3) is 0.385. The Morgan fingerprint density at radius 3 is 2.32 bits per heavy atom. The summed E-state index contributed by atoms with van der Waals surface area (Å²) >= 11 is 6.13. The molecule has 9 heteroatoms. The molecule has 0 fully saturated rings. The number of hydrogen-bond acceptors (Lipinski definition) is 6. The molecule has 0 aliphatic carbocycles. The third-order valence-corrected chi connectivity index (χ3v) is 4.16. The van der Waals surface area contributed by atoms with Crippen molar-refractivity contribution in [3.05, 3.63) is 22.7 Å². The number of hydroxylamine groups is 1. The van der Waals surface area contributed by atoms with Gasteiger partial charge in [-0.1, -0.05) is 11.6 Å². The Hall–Kier alpha value is -1.64. The number of rotatable bonds is 5. The van der Waals surface area contributed by atoms with Crippen molar-refractivity contribution in [3.8, 4) is 0 Å². The predicted octanol–water partition coefficient (Wildman–Crippen LogP) is 1.83. The van der Waals surface area contributed by atoms with Crippen molar-refractivity contribution in [2.24, 2.45) is 0 Å². The average molecular weight is 350 g/mol. The summed E-state index contributed by atoms with van der Waals surface area (Å²) in [7, 11) is -2.53. The summed E-state index contributed by atoms with van der Waals surface area (Å²) in [6.45, 7) is 2.91. The monoisotopic (exact) mass is 349 g/mol. The number of halogens is 1. The van der Waals surface area contributed by atoms with Crippen LogP contribution in [0.5, 0.6) is 0 Å². The summed E-state index contributed by atoms with van der Waals surface area (Å²) in [6, 6.07) is 2.41. The smallest absolute Gasteiger partial charge is 0.339 e. The molecule has 7 nitrogen and oxygen atoms in total. The zero-order valence-electron chi connectivity index (χ0n) is 12.5. The minimum absolute atomic E-state index is 0.0609. The number of benzene rings is 1. The molecular weight excluding hydrogens is 334 g/mol. The van der Waals surface area contributed by atoms with Crippen molar-refractivity contribution < 1.29 is 27.6 Å². The number of carbonyl (C=O) groups excluding carboxylic acids is 2. The SMILES string of the molecule is CCOC(=O)c1ccc(S(C)(=O)=O)c(N(OC)C(C)=O)c1Cl. The van der Waals surface area contributed by atoms with Crippen LogP contribution < -0.4 is 5.06 Å². The number of nitrogens with zero attached hydrogens (tertiary/aromatic N) is 1. The Morgan fingerprint density at radius 2 is 1.91 bits per heavy atom. The van der Waals surface area contributed by atoms with Gasteiger partial charge in [-0.15, -0.1) is 0 Å². The number of hydrogen-bond donors (Lipinski definition) is 0. The van der Waals surface area contributed by atoms with Gasteiger partial charge in [0.2, 0.25) is 5.91 Å². The highest BCUT2D eigenvalue weighted by molar-refractivity contribution is 7.90. The summed E-state index contributed by atoms with van der Waals surface area (Å²) in [4.78, 5) is 28.2. The molecule has 22 heavy (non-hydrogen) atoms. The van der Waals surface area contributed by atoms with E-state index >= 15 is 0 Å². The van der Waals surface area contributed by atoms with E-state index in [-0.39, 0.29) is 27.8 Å². The maximum absolute atomic E-state index is 11.9. The van der Waals surface area contributed by atoms with Crippen LogP contribution in [-0.2, 0) is 24.2 Å². The molecule has 0 bridgehead atoms. The van der Waals surface area contributed by atoms with E-state index in [1.165, 1.54) is 26.2 Å². The third kappa shape index (κ3) is 3.76. The van der Waals surface area contributed by atoms with Crippen molar-refractivity contribution in [2.45, 2.75) is 18.7 Å². The highest BCUT2D eigenvalue weighted by Gasteiger charge is 2.28. The van der Waals surface area contributed by atoms with Crippen LogP contribution in [0.4, 0.5) is 5.69 Å². The molecule has 0 aliphatic rings. The molecule has 0 atom stereocenters. The molecule has 0 N–H and O–H groups in total. The molecule has 1 amide bonds. The second kappa shape index (κ2) is 7.08. The Balaban J connectivity index is 3.69. The molecule has 1 aromatic carbocycles. The first-order chi connectivity index (χ1) is 10.1. The van der Waals surface area contributed by atoms with E-state index in [0.29, 0.717) is 5.06 Å². The van der Waals surface area contributed by atoms with Crippen LogP contribution >= 0.6 is 11.6 Å². The van der Waals surface area contributed by atoms with Gasteiger partial charge in [-0.3, -0.25) is 9.63 Å². The first-order valence-corrected chi connectivity index (χ1v) is 8.46. The molecule has 0 spiro atoms. The lowest BCUT2D eigenvalue weighted by atomic mass is 10.2. The minimum Gasteiger partial charge on any atom is -0.462 e. The van der Waals surface area contributed by atoms with Gasteiger partial charge in [0.15, 0.2) is 9.84 Å². The highest BCUT2D eigenvalue weighted by atomic mass is 35.5. The van der Waals surface area contributed by atoms with E-state index in [2.05, 4.69) is 0 Å². The molecule has 1 aromatic rings. The molecule has 0 radical (unpaired) electrons. The summed E-state index contributed by atoms with van der Waals surface area (Å²) in [5.41, 5.74) is -0.279. The van der Waals surface area contributed by atoms with Crippen molar-refractivity contribution in [3.63, 3.8) is 0 Å². The van der Waals surface area contributed by atoms with Crippen LogP contribution in [0.25, 0.3) is 0 Å². The summed E-state index contributed by atoms with van der Waals surface area (Å²) in [5, 5.41) is 0.472. The Labute approximate surface area is 133 Å². The van der Waals surface area contributed by atoms with Gasteiger partial charge in [0.1, 0.15) is 5.69 Å². The zero-order chi connectivity index (χ0) is 17.1. The van der Waals surface area contributed by atoms with E-state index < -0.39 is 21.7 Å². The molecule has 0 saturated heterocycles. The number of carbonyl (C=O) groups is 2. The van der Waals surface area contributed by atoms with Gasteiger partial charge in [0.05, 0.1) is 29.2 Å². The average Bonchev–Trinajstić information content (AvgIpc) is 2.39. The lowest BCUT2D eigenvalue weighted by molar-refractivity contribution is -0.122. The number of amides is 1. The summed E-state index contributed by atoms with van der Waals surface area (Å²) in [5.74, 6) is -1.33. The van der Waals surface area contributed by atoms with E-state index in [9.17, 15) is 18.0 Å². The lowest BCUT2D eigenvalue weighted by Gasteiger charge is -2.22. The minimum atomic E-state index is -3.71. The van der Waals surface area contributed by atoms with Crippen LogP contribution in [0.15, 0.2) is 17.0 Å². The van der Waals surface area contributed by atoms with Crippen molar-refractivity contribution in [2.75, 3.05) is 25.0 Å². The molecule has 0 saturated carbocycles. The van der Waals surface area contributed by atoms with E-state index in [1.807, 2.05) is 0 Å². The lowest BCUT2D eigenvalue weighted by Crippen LogP contribution is -2.29. The Kier molecular flexibility index (Phi) is 5.92. The quantitative estimate of drug-likeness (QED) is 0.595. The maximum atomic E-state index is 11.9. The van der Waals surface area contributed by atoms with Crippen molar-refractivity contribution in [1.29, 1.82) is 0 Å². The van der Waals surface area contributed by atoms with Crippen LogP contribution in [0.1, 0.15) is 24.2 Å². The van der Waals surface area contributed by atoms with Gasteiger partial charge in [-0.25, -0.2) is 13.2 Å². The fourth-order valence-electron chi connectivity index (χ4n) is 1.78. The van der Waals surface area contributed by atoms with Crippen LogP contribution in [-0.4, -0.2) is 40.3 Å². The number of ether oxygens (including phenoxy) is 1. The van der Waals surface area contributed by atoms with Gasteiger partial charge >= 0.3 is 5.97 Å². The maximum Gasteiger partial charge on any atom is 0.339 e. The molecule has 0 unspecified atom stereocenters. The van der Waals surface area contributed by atoms with Gasteiger partial charge in [0, 0.05) is 13.2 Å². The summed E-state index contributed by atoms with van der Waals surface area (Å²) in [6.07, 6.45) is 0.959. The Morgan fingerprint density at radius 1 is 1.32 bits per heavy atom. The molecule has 0 aromatic heterocycles. The topological polar surface area (TPSA) is 90.0 Å². The molecule has 122 valence electrons. The standard InChI is InChI=1S/C13H16ClNO6S/c1-5-21-13(17)9-6-7-10(22(4,18)19)12(11(9)14)15(20-3)8(2)16/h6-7H,5H2,1-4H3. The number of anilines is 1. The van der Waals surface area contributed by atoms with Crippen molar-refractivity contribution in [1.82, 2.24) is 0 Å². The highest BCUT2D eigenvalue weighted by Crippen LogP contribution is 2.36. The van der Waals surface area contributed by atoms with E-state index in [1.54, 1.807) is 6.92 Å². The van der Waals surface area contributed by atoms with Gasteiger partial charge in [-0.05, 0) is 19.1 Å². The van der Waals surface area contributed by atoms with Gasteiger partial charge in [-0.2, -0.15) is 5.06 Å². The van der Waals surface area contributed by atoms with Crippen LogP contribution in [0.2, 0.25) is 5.02 Å². The molecular formula is C13H16ClNO6S. The van der Waals surface area contributed by atoms with Crippen LogP contribution in [0.3, 0.4) is 0 Å². The van der Waals surface area contributed by atoms with Crippen molar-refractivity contribution >= 4 is 39.0 Å². The zero-order valence-corrected chi connectivity index (χ0v) is 14.1. The third-order valence-electron chi connectivity index (χ3n) is 2.65. The second-order valence-corrected chi connectivity index (χ2v) is 6.62. The molecule has 0 heterocycles. The second-order valence-electron chi connectivity index (χ2n) is 4.26.